The molecule has 0 spiro atoms. The minimum atomic E-state index is 0. The van der Waals surface area contributed by atoms with Crippen molar-refractivity contribution in [3.8, 4) is 5.88 Å². The van der Waals surface area contributed by atoms with Crippen molar-refractivity contribution in [2.45, 2.75) is 51.6 Å². The van der Waals surface area contributed by atoms with Gasteiger partial charge < -0.3 is 15.0 Å². The van der Waals surface area contributed by atoms with E-state index in [1.807, 2.05) is 36.2 Å². The van der Waals surface area contributed by atoms with Gasteiger partial charge in [0.05, 0.1) is 0 Å². The molecule has 170 valence electrons. The predicted octanol–water partition coefficient (Wildman–Crippen LogP) is 4.40. The van der Waals surface area contributed by atoms with E-state index in [9.17, 15) is 4.79 Å². The molecule has 4 rings (SSSR count). The summed E-state index contributed by atoms with van der Waals surface area (Å²) in [5, 5.41) is 3.92. The fourth-order valence-corrected chi connectivity index (χ4v) is 4.12. The van der Waals surface area contributed by atoms with Gasteiger partial charge in [0, 0.05) is 38.0 Å². The monoisotopic (exact) mass is 466 g/mol. The molecule has 2 aliphatic heterocycles. The molecule has 1 N–H and O–H groups in total. The molecule has 2 saturated heterocycles. The number of piperidine rings is 2. The van der Waals surface area contributed by atoms with E-state index < -0.39 is 0 Å². The summed E-state index contributed by atoms with van der Waals surface area (Å²) in [7, 11) is 0. The summed E-state index contributed by atoms with van der Waals surface area (Å²) in [5.41, 5.74) is 2.36. The van der Waals surface area contributed by atoms with E-state index in [4.69, 9.17) is 16.3 Å². The van der Waals surface area contributed by atoms with Crippen LogP contribution >= 0.6 is 24.0 Å². The van der Waals surface area contributed by atoms with Crippen LogP contribution < -0.4 is 10.1 Å². The highest BCUT2D eigenvalue weighted by atomic mass is 35.5. The lowest BCUT2D eigenvalue weighted by Crippen LogP contribution is -2.37. The molecule has 6 nitrogen and oxygen atoms in total. The molecule has 8 heteroatoms. The quantitative estimate of drug-likeness (QED) is 0.678. The number of aryl methyl sites for hydroxylation is 1. The number of hydrogen-bond acceptors (Lipinski definition) is 5. The fraction of sp³-hybridized carbons (Fsp3) is 0.522. The normalized spacial score (nSPS) is 17.2. The van der Waals surface area contributed by atoms with Gasteiger partial charge in [-0.25, -0.2) is 9.97 Å². The largest absolute Gasteiger partial charge is 0.474 e. The minimum absolute atomic E-state index is 0. The lowest BCUT2D eigenvalue weighted by molar-refractivity contribution is -0.129. The molecule has 31 heavy (non-hydrogen) atoms. The summed E-state index contributed by atoms with van der Waals surface area (Å²) < 4.78 is 6.18. The molecule has 2 aromatic heterocycles. The number of halogens is 2. The maximum atomic E-state index is 11.5. The molecule has 0 radical (unpaired) electrons. The number of carbonyl (C=O) groups excluding carboxylic acids is 1. The fourth-order valence-electron chi connectivity index (χ4n) is 3.89. The highest BCUT2D eigenvalue weighted by Gasteiger charge is 2.26. The van der Waals surface area contributed by atoms with E-state index in [1.54, 1.807) is 13.1 Å². The Morgan fingerprint density at radius 1 is 1.13 bits per heavy atom. The average molecular weight is 467 g/mol. The zero-order valence-electron chi connectivity index (χ0n) is 18.2. The number of rotatable bonds is 3. The Hall–Kier alpha value is -1.89. The predicted molar refractivity (Wildman–Crippen MR) is 126 cm³/mol. The molecule has 0 bridgehead atoms. The Kier molecular flexibility index (Phi) is 10.5. The zero-order valence-corrected chi connectivity index (χ0v) is 19.8. The first-order chi connectivity index (χ1) is 14.5. The van der Waals surface area contributed by atoms with E-state index >= 15 is 0 Å². The van der Waals surface area contributed by atoms with Crippen molar-refractivity contribution in [3.63, 3.8) is 0 Å². The van der Waals surface area contributed by atoms with Crippen LogP contribution in [0.1, 0.15) is 49.7 Å². The van der Waals surface area contributed by atoms with Gasteiger partial charge in [0.25, 0.3) is 0 Å². The first-order valence-corrected chi connectivity index (χ1v) is 11.1. The van der Waals surface area contributed by atoms with Crippen LogP contribution in [0.25, 0.3) is 0 Å². The van der Waals surface area contributed by atoms with Gasteiger partial charge >= 0.3 is 0 Å². The summed E-state index contributed by atoms with van der Waals surface area (Å²) in [4.78, 5) is 21.7. The Morgan fingerprint density at radius 3 is 2.42 bits per heavy atom. The third-order valence-electron chi connectivity index (χ3n) is 5.63. The van der Waals surface area contributed by atoms with Crippen molar-refractivity contribution in [1.82, 2.24) is 20.2 Å². The third kappa shape index (κ3) is 7.95. The van der Waals surface area contributed by atoms with Crippen LogP contribution in [0.5, 0.6) is 5.88 Å². The summed E-state index contributed by atoms with van der Waals surface area (Å²) in [5.74, 6) is 1.42. The van der Waals surface area contributed by atoms with Crippen LogP contribution in [0.4, 0.5) is 0 Å². The van der Waals surface area contributed by atoms with E-state index in [2.05, 4.69) is 21.4 Å². The molecule has 4 heterocycles. The van der Waals surface area contributed by atoms with Crippen LogP contribution in [0.2, 0.25) is 5.15 Å². The van der Waals surface area contributed by atoms with Gasteiger partial charge in [-0.05, 0) is 75.4 Å². The molecule has 0 aliphatic carbocycles. The number of carbonyl (C=O) groups is 1. The van der Waals surface area contributed by atoms with Crippen molar-refractivity contribution in [2.75, 3.05) is 26.2 Å². The first-order valence-electron chi connectivity index (χ1n) is 10.7. The number of nitrogens with zero attached hydrogens (tertiary/aromatic N) is 3. The number of amides is 1. The second-order valence-electron chi connectivity index (χ2n) is 7.90. The topological polar surface area (TPSA) is 67.4 Å². The summed E-state index contributed by atoms with van der Waals surface area (Å²) in [6, 6.07) is 7.85. The molecule has 0 aromatic carbocycles. The summed E-state index contributed by atoms with van der Waals surface area (Å²) in [6.45, 7) is 7.33. The number of aromatic nitrogens is 2. The van der Waals surface area contributed by atoms with Crippen LogP contribution in [0, 0.1) is 6.92 Å². The molecular formula is C23H32Cl2N4O2. The standard InChI is InChI=1S/C17H25N3O2.C6H6ClN.ClH/c1-13(21)20-11-6-14(7-12-20)16-3-2-8-19-17(16)22-15-4-9-18-10-5-15;1-5-2-3-8-6(7)4-5;/h2-3,8,14-15,18H,4-7,9-12H2,1H3;2-4H,1H3;1H. The highest BCUT2D eigenvalue weighted by molar-refractivity contribution is 6.29. The van der Waals surface area contributed by atoms with Gasteiger partial charge in [0.1, 0.15) is 11.3 Å². The number of hydrogen-bond donors (Lipinski definition) is 1. The summed E-state index contributed by atoms with van der Waals surface area (Å²) >= 11 is 5.53. The zero-order chi connectivity index (χ0) is 21.3. The maximum absolute atomic E-state index is 11.5. The Labute approximate surface area is 196 Å². The second-order valence-corrected chi connectivity index (χ2v) is 8.29. The molecule has 2 aromatic rings. The first kappa shape index (κ1) is 25.4. The molecule has 1 amide bonds. The van der Waals surface area contributed by atoms with Crippen molar-refractivity contribution in [3.05, 3.63) is 52.9 Å². The van der Waals surface area contributed by atoms with Gasteiger partial charge in [-0.3, -0.25) is 4.79 Å². The molecule has 0 unspecified atom stereocenters. The smallest absolute Gasteiger partial charge is 0.219 e. The average Bonchev–Trinajstić information content (AvgIpc) is 2.75. The second kappa shape index (κ2) is 12.8. The Balaban J connectivity index is 0.000000322. The van der Waals surface area contributed by atoms with Crippen molar-refractivity contribution >= 4 is 29.9 Å². The van der Waals surface area contributed by atoms with Gasteiger partial charge in [-0.15, -0.1) is 12.4 Å². The summed E-state index contributed by atoms with van der Waals surface area (Å²) in [6.07, 6.45) is 7.84. The Morgan fingerprint density at radius 2 is 1.84 bits per heavy atom. The van der Waals surface area contributed by atoms with Crippen LogP contribution in [0.15, 0.2) is 36.7 Å². The van der Waals surface area contributed by atoms with Gasteiger partial charge in [0.15, 0.2) is 0 Å². The Bertz CT molecular complexity index is 805. The van der Waals surface area contributed by atoms with Gasteiger partial charge in [0.2, 0.25) is 11.8 Å². The molecule has 2 aliphatic rings. The number of likely N-dealkylation sites (tertiary alicyclic amines) is 1. The number of nitrogens with one attached hydrogen (secondary N) is 1. The van der Waals surface area contributed by atoms with Crippen LogP contribution in [-0.4, -0.2) is 53.1 Å². The van der Waals surface area contributed by atoms with E-state index in [0.29, 0.717) is 11.1 Å². The van der Waals surface area contributed by atoms with Gasteiger partial charge in [-0.2, -0.15) is 0 Å². The van der Waals surface area contributed by atoms with E-state index in [-0.39, 0.29) is 24.4 Å². The lowest BCUT2D eigenvalue weighted by atomic mass is 9.90. The van der Waals surface area contributed by atoms with Crippen LogP contribution in [-0.2, 0) is 4.79 Å². The number of ether oxygens (including phenoxy) is 1. The maximum Gasteiger partial charge on any atom is 0.219 e. The highest BCUT2D eigenvalue weighted by Crippen LogP contribution is 2.33. The lowest BCUT2D eigenvalue weighted by Gasteiger charge is -2.32. The van der Waals surface area contributed by atoms with Crippen molar-refractivity contribution in [2.24, 2.45) is 0 Å². The number of pyridine rings is 2. The van der Waals surface area contributed by atoms with E-state index in [0.717, 1.165) is 63.3 Å². The van der Waals surface area contributed by atoms with Gasteiger partial charge in [-0.1, -0.05) is 17.7 Å². The third-order valence-corrected chi connectivity index (χ3v) is 5.83. The minimum Gasteiger partial charge on any atom is -0.474 e. The van der Waals surface area contributed by atoms with Crippen LogP contribution in [0.3, 0.4) is 0 Å². The molecule has 2 fully saturated rings. The molecular weight excluding hydrogens is 435 g/mol. The molecule has 0 saturated carbocycles. The van der Waals surface area contributed by atoms with E-state index in [1.165, 1.54) is 5.56 Å². The van der Waals surface area contributed by atoms with Crippen molar-refractivity contribution in [1.29, 1.82) is 0 Å². The van der Waals surface area contributed by atoms with Crippen molar-refractivity contribution < 1.29 is 9.53 Å². The SMILES string of the molecule is CC(=O)N1CCC(c2cccnc2OC2CCNCC2)CC1.Cc1ccnc(Cl)c1.Cl. The molecule has 0 atom stereocenters.